The summed E-state index contributed by atoms with van der Waals surface area (Å²) in [6.45, 7) is 5.74. The highest BCUT2D eigenvalue weighted by Gasteiger charge is 2.19. The second kappa shape index (κ2) is 9.01. The third-order valence-corrected chi connectivity index (χ3v) is 5.19. The van der Waals surface area contributed by atoms with E-state index < -0.39 is 0 Å². The molecule has 1 aromatic carbocycles. The summed E-state index contributed by atoms with van der Waals surface area (Å²) in [6.07, 6.45) is 1.02. The SMILES string of the molecule is CCc1cccc(NC(=S)N(CCOC)[C@H](C)c2cccs2)c1. The smallest absolute Gasteiger partial charge is 0.174 e. The normalized spacial score (nSPS) is 12.0. The average Bonchev–Trinajstić information content (AvgIpc) is 3.09. The number of nitrogens with zero attached hydrogens (tertiary/aromatic N) is 1. The van der Waals surface area contributed by atoms with Gasteiger partial charge in [0, 0.05) is 24.2 Å². The van der Waals surface area contributed by atoms with Gasteiger partial charge in [0.1, 0.15) is 0 Å². The Kier molecular flexibility index (Phi) is 7.02. The molecule has 1 heterocycles. The number of rotatable bonds is 7. The van der Waals surface area contributed by atoms with Crippen LogP contribution in [-0.4, -0.2) is 30.3 Å². The Hall–Kier alpha value is -1.43. The third kappa shape index (κ3) is 5.03. The highest BCUT2D eigenvalue weighted by molar-refractivity contribution is 7.80. The van der Waals surface area contributed by atoms with Crippen LogP contribution in [0, 0.1) is 0 Å². The number of anilines is 1. The maximum atomic E-state index is 5.66. The van der Waals surface area contributed by atoms with Crippen LogP contribution >= 0.6 is 23.6 Å². The summed E-state index contributed by atoms with van der Waals surface area (Å²) in [6, 6.07) is 12.8. The van der Waals surface area contributed by atoms with Gasteiger partial charge in [-0.15, -0.1) is 11.3 Å². The summed E-state index contributed by atoms with van der Waals surface area (Å²) < 4.78 is 5.25. The molecular formula is C18H24N2OS2. The van der Waals surface area contributed by atoms with Gasteiger partial charge < -0.3 is 15.0 Å². The molecule has 3 nitrogen and oxygen atoms in total. The Morgan fingerprint density at radius 1 is 1.35 bits per heavy atom. The molecule has 0 aliphatic heterocycles. The van der Waals surface area contributed by atoms with Crippen LogP contribution in [0.25, 0.3) is 0 Å². The number of nitrogens with one attached hydrogen (secondary N) is 1. The number of thiocarbonyl (C=S) groups is 1. The lowest BCUT2D eigenvalue weighted by Gasteiger charge is -2.31. The number of hydrogen-bond acceptors (Lipinski definition) is 3. The first-order chi connectivity index (χ1) is 11.2. The largest absolute Gasteiger partial charge is 0.383 e. The fourth-order valence-electron chi connectivity index (χ4n) is 2.41. The van der Waals surface area contributed by atoms with Crippen LogP contribution in [0.5, 0.6) is 0 Å². The standard InChI is InChI=1S/C18H24N2OS2/c1-4-15-7-5-8-16(13-15)19-18(22)20(10-11-21-3)14(2)17-9-6-12-23-17/h5-9,12-14H,4,10-11H2,1-3H3,(H,19,22)/t14-/m1/s1. The Balaban J connectivity index is 2.12. The fourth-order valence-corrected chi connectivity index (χ4v) is 3.57. The molecule has 0 aliphatic carbocycles. The summed E-state index contributed by atoms with van der Waals surface area (Å²) in [5, 5.41) is 6.21. The second-order valence-electron chi connectivity index (χ2n) is 5.36. The van der Waals surface area contributed by atoms with E-state index in [1.165, 1.54) is 10.4 Å². The van der Waals surface area contributed by atoms with Crippen molar-refractivity contribution >= 4 is 34.4 Å². The Bertz CT molecular complexity index is 613. The lowest BCUT2D eigenvalue weighted by molar-refractivity contribution is 0.166. The molecule has 0 aliphatic rings. The lowest BCUT2D eigenvalue weighted by atomic mass is 10.1. The summed E-state index contributed by atoms with van der Waals surface area (Å²) in [4.78, 5) is 3.48. The van der Waals surface area contributed by atoms with Crippen LogP contribution in [0.3, 0.4) is 0 Å². The van der Waals surface area contributed by atoms with Crippen LogP contribution in [0.2, 0.25) is 0 Å². The molecule has 124 valence electrons. The van der Waals surface area contributed by atoms with Gasteiger partial charge in [-0.25, -0.2) is 0 Å². The molecule has 0 spiro atoms. The van der Waals surface area contributed by atoms with Gasteiger partial charge in [-0.2, -0.15) is 0 Å². The van der Waals surface area contributed by atoms with Crippen molar-refractivity contribution in [1.29, 1.82) is 0 Å². The van der Waals surface area contributed by atoms with Crippen LogP contribution < -0.4 is 5.32 Å². The first kappa shape index (κ1) is 17.9. The van der Waals surface area contributed by atoms with Crippen molar-refractivity contribution in [2.45, 2.75) is 26.3 Å². The number of thiophene rings is 1. The number of hydrogen-bond donors (Lipinski definition) is 1. The van der Waals surface area contributed by atoms with Crippen molar-refractivity contribution in [2.24, 2.45) is 0 Å². The molecule has 1 aromatic heterocycles. The van der Waals surface area contributed by atoms with E-state index in [-0.39, 0.29) is 6.04 Å². The molecule has 5 heteroatoms. The van der Waals surface area contributed by atoms with E-state index in [0.717, 1.165) is 23.8 Å². The molecule has 0 fully saturated rings. The van der Waals surface area contributed by atoms with Gasteiger partial charge in [0.05, 0.1) is 12.6 Å². The quantitative estimate of drug-likeness (QED) is 0.732. The van der Waals surface area contributed by atoms with E-state index in [4.69, 9.17) is 17.0 Å². The van der Waals surface area contributed by atoms with Crippen molar-refractivity contribution in [1.82, 2.24) is 4.90 Å². The molecule has 1 atom stereocenters. The second-order valence-corrected chi connectivity index (χ2v) is 6.73. The molecular weight excluding hydrogens is 324 g/mol. The zero-order valence-electron chi connectivity index (χ0n) is 13.9. The summed E-state index contributed by atoms with van der Waals surface area (Å²) >= 11 is 7.42. The lowest BCUT2D eigenvalue weighted by Crippen LogP contribution is -2.38. The molecule has 1 N–H and O–H groups in total. The summed E-state index contributed by atoms with van der Waals surface area (Å²) in [5.41, 5.74) is 2.34. The Labute approximate surface area is 148 Å². The molecule has 0 amide bonds. The first-order valence-electron chi connectivity index (χ1n) is 7.84. The summed E-state index contributed by atoms with van der Waals surface area (Å²) in [5.74, 6) is 0. The van der Waals surface area contributed by atoms with Gasteiger partial charge >= 0.3 is 0 Å². The first-order valence-corrected chi connectivity index (χ1v) is 9.13. The number of methoxy groups -OCH3 is 1. The summed E-state index contributed by atoms with van der Waals surface area (Å²) in [7, 11) is 1.72. The minimum absolute atomic E-state index is 0.222. The van der Waals surface area contributed by atoms with Gasteiger partial charge in [-0.3, -0.25) is 0 Å². The van der Waals surface area contributed by atoms with E-state index in [9.17, 15) is 0 Å². The molecule has 2 rings (SSSR count). The molecule has 0 bridgehead atoms. The fraction of sp³-hybridized carbons (Fsp3) is 0.389. The molecule has 0 unspecified atom stereocenters. The van der Waals surface area contributed by atoms with Gasteiger partial charge in [-0.1, -0.05) is 25.1 Å². The Morgan fingerprint density at radius 2 is 2.17 bits per heavy atom. The predicted octanol–water partition coefficient (Wildman–Crippen LogP) is 4.72. The van der Waals surface area contributed by atoms with Gasteiger partial charge in [0.15, 0.2) is 5.11 Å². The molecule has 0 saturated heterocycles. The monoisotopic (exact) mass is 348 g/mol. The highest BCUT2D eigenvalue weighted by atomic mass is 32.1. The minimum Gasteiger partial charge on any atom is -0.383 e. The van der Waals surface area contributed by atoms with Crippen molar-refractivity contribution in [2.75, 3.05) is 25.6 Å². The van der Waals surface area contributed by atoms with Crippen molar-refractivity contribution in [3.05, 3.63) is 52.2 Å². The van der Waals surface area contributed by atoms with Gasteiger partial charge in [-0.05, 0) is 54.7 Å². The van der Waals surface area contributed by atoms with Crippen molar-refractivity contribution in [3.63, 3.8) is 0 Å². The number of ether oxygens (including phenoxy) is 1. The maximum Gasteiger partial charge on any atom is 0.174 e. The van der Waals surface area contributed by atoms with Crippen molar-refractivity contribution in [3.8, 4) is 0 Å². The molecule has 23 heavy (non-hydrogen) atoms. The predicted molar refractivity (Wildman–Crippen MR) is 103 cm³/mol. The zero-order valence-corrected chi connectivity index (χ0v) is 15.5. The van der Waals surface area contributed by atoms with Gasteiger partial charge in [0.25, 0.3) is 0 Å². The van der Waals surface area contributed by atoms with Gasteiger partial charge in [0.2, 0.25) is 0 Å². The van der Waals surface area contributed by atoms with Crippen LogP contribution in [0.1, 0.15) is 30.3 Å². The number of benzene rings is 1. The van der Waals surface area contributed by atoms with Crippen LogP contribution in [0.15, 0.2) is 41.8 Å². The van der Waals surface area contributed by atoms with E-state index in [1.807, 2.05) is 0 Å². The number of aryl methyl sites for hydroxylation is 1. The third-order valence-electron chi connectivity index (χ3n) is 3.81. The van der Waals surface area contributed by atoms with E-state index >= 15 is 0 Å². The molecule has 0 saturated carbocycles. The van der Waals surface area contributed by atoms with E-state index in [2.05, 4.69) is 65.8 Å². The molecule has 2 aromatic rings. The average molecular weight is 349 g/mol. The minimum atomic E-state index is 0.222. The van der Waals surface area contributed by atoms with E-state index in [0.29, 0.717) is 6.61 Å². The highest BCUT2D eigenvalue weighted by Crippen LogP contribution is 2.25. The van der Waals surface area contributed by atoms with Crippen LogP contribution in [0.4, 0.5) is 5.69 Å². The Morgan fingerprint density at radius 3 is 2.83 bits per heavy atom. The maximum absolute atomic E-state index is 5.66. The van der Waals surface area contributed by atoms with Crippen LogP contribution in [-0.2, 0) is 11.2 Å². The van der Waals surface area contributed by atoms with E-state index in [1.54, 1.807) is 18.4 Å². The molecule has 0 radical (unpaired) electrons. The van der Waals surface area contributed by atoms with Crippen molar-refractivity contribution < 1.29 is 4.74 Å². The topological polar surface area (TPSA) is 24.5 Å². The zero-order chi connectivity index (χ0) is 16.7.